The molecular weight excluding hydrogens is 198 g/mol. The number of benzene rings is 1. The summed E-state index contributed by atoms with van der Waals surface area (Å²) in [6, 6.07) is 10.5. The van der Waals surface area contributed by atoms with Gasteiger partial charge in [-0.3, -0.25) is 0 Å². The number of likely N-dealkylation sites (tertiary alicyclic amines) is 1. The van der Waals surface area contributed by atoms with E-state index < -0.39 is 0 Å². The summed E-state index contributed by atoms with van der Waals surface area (Å²) in [6.07, 6.45) is 4.37. The molecule has 1 aromatic carbocycles. The summed E-state index contributed by atoms with van der Waals surface area (Å²) in [6.45, 7) is 1.17. The van der Waals surface area contributed by atoms with Crippen molar-refractivity contribution in [3.05, 3.63) is 35.9 Å². The van der Waals surface area contributed by atoms with Gasteiger partial charge >= 0.3 is 0 Å². The van der Waals surface area contributed by atoms with E-state index in [0.29, 0.717) is 6.04 Å². The zero-order chi connectivity index (χ0) is 11.4. The topological polar surface area (TPSA) is 23.5 Å². The van der Waals surface area contributed by atoms with Crippen LogP contribution in [0.5, 0.6) is 0 Å². The lowest BCUT2D eigenvalue weighted by atomic mass is 9.95. The molecule has 2 atom stereocenters. The van der Waals surface area contributed by atoms with E-state index in [1.165, 1.54) is 25.8 Å². The van der Waals surface area contributed by atoms with Crippen LogP contribution in [0.1, 0.15) is 37.4 Å². The van der Waals surface area contributed by atoms with Crippen molar-refractivity contribution in [2.24, 2.45) is 0 Å². The molecule has 0 radical (unpaired) electrons. The molecule has 1 N–H and O–H groups in total. The molecule has 2 heteroatoms. The van der Waals surface area contributed by atoms with Gasteiger partial charge in [0.1, 0.15) is 0 Å². The summed E-state index contributed by atoms with van der Waals surface area (Å²) in [5, 5.41) is 10.2. The number of hydrogen-bond donors (Lipinski definition) is 1. The third-order valence-corrected chi connectivity index (χ3v) is 3.60. The number of nitrogens with zero attached hydrogens (tertiary/aromatic N) is 1. The Kier molecular flexibility index (Phi) is 3.97. The predicted molar refractivity (Wildman–Crippen MR) is 66.3 cm³/mol. The first-order valence-corrected chi connectivity index (χ1v) is 6.20. The molecule has 1 fully saturated rings. The largest absolute Gasteiger partial charge is 0.388 e. The van der Waals surface area contributed by atoms with Gasteiger partial charge in [-0.25, -0.2) is 0 Å². The summed E-state index contributed by atoms with van der Waals surface area (Å²) in [5.41, 5.74) is 1.04. The zero-order valence-electron chi connectivity index (χ0n) is 9.97. The van der Waals surface area contributed by atoms with E-state index in [-0.39, 0.29) is 6.10 Å². The average molecular weight is 219 g/mol. The maximum atomic E-state index is 10.2. The molecule has 0 saturated carbocycles. The highest BCUT2D eigenvalue weighted by molar-refractivity contribution is 5.17. The van der Waals surface area contributed by atoms with Gasteiger partial charge in [0.15, 0.2) is 0 Å². The zero-order valence-corrected chi connectivity index (χ0v) is 9.97. The van der Waals surface area contributed by atoms with Crippen LogP contribution >= 0.6 is 0 Å². The molecule has 1 aliphatic heterocycles. The third-order valence-electron chi connectivity index (χ3n) is 3.60. The number of rotatable bonds is 3. The maximum absolute atomic E-state index is 10.2. The van der Waals surface area contributed by atoms with Gasteiger partial charge in [-0.05, 0) is 38.4 Å². The van der Waals surface area contributed by atoms with E-state index in [2.05, 4.69) is 11.9 Å². The Bertz CT molecular complexity index is 312. The van der Waals surface area contributed by atoms with E-state index >= 15 is 0 Å². The fourth-order valence-electron chi connectivity index (χ4n) is 2.51. The van der Waals surface area contributed by atoms with E-state index in [1.54, 1.807) is 0 Å². The smallest absolute Gasteiger partial charge is 0.0805 e. The number of aliphatic hydroxyl groups excluding tert-OH is 1. The molecular formula is C14H21NO. The fourth-order valence-corrected chi connectivity index (χ4v) is 2.51. The molecule has 88 valence electrons. The van der Waals surface area contributed by atoms with E-state index in [4.69, 9.17) is 0 Å². The first-order chi connectivity index (χ1) is 7.77. The summed E-state index contributed by atoms with van der Waals surface area (Å²) >= 11 is 0. The molecule has 1 saturated heterocycles. The summed E-state index contributed by atoms with van der Waals surface area (Å²) in [5.74, 6) is 0. The van der Waals surface area contributed by atoms with Gasteiger partial charge < -0.3 is 10.0 Å². The van der Waals surface area contributed by atoms with Crippen molar-refractivity contribution in [3.63, 3.8) is 0 Å². The van der Waals surface area contributed by atoms with Crippen LogP contribution in [0.3, 0.4) is 0 Å². The van der Waals surface area contributed by atoms with Crippen molar-refractivity contribution in [1.29, 1.82) is 0 Å². The second-order valence-electron chi connectivity index (χ2n) is 4.79. The van der Waals surface area contributed by atoms with Crippen molar-refractivity contribution in [3.8, 4) is 0 Å². The standard InChI is InChI=1S/C14H21NO/c1-15-10-6-5-9-13(15)11-14(16)12-7-3-2-4-8-12/h2-4,7-8,13-14,16H,5-6,9-11H2,1H3/t13-,14-/m0/s1. The first kappa shape index (κ1) is 11.6. The molecule has 1 aliphatic rings. The molecule has 0 aliphatic carbocycles. The van der Waals surface area contributed by atoms with Crippen LogP contribution in [-0.2, 0) is 0 Å². The van der Waals surface area contributed by atoms with Crippen LogP contribution in [-0.4, -0.2) is 29.6 Å². The van der Waals surface area contributed by atoms with Crippen LogP contribution in [0.25, 0.3) is 0 Å². The van der Waals surface area contributed by atoms with Crippen LogP contribution in [0, 0.1) is 0 Å². The molecule has 1 heterocycles. The van der Waals surface area contributed by atoms with Gasteiger partial charge in [-0.15, -0.1) is 0 Å². The van der Waals surface area contributed by atoms with E-state index in [0.717, 1.165) is 12.0 Å². The lowest BCUT2D eigenvalue weighted by molar-refractivity contribution is 0.0944. The van der Waals surface area contributed by atoms with E-state index in [1.807, 2.05) is 30.3 Å². The number of hydrogen-bond acceptors (Lipinski definition) is 2. The van der Waals surface area contributed by atoms with E-state index in [9.17, 15) is 5.11 Å². The Morgan fingerprint density at radius 1 is 1.31 bits per heavy atom. The van der Waals surface area contributed by atoms with Crippen LogP contribution in [0.2, 0.25) is 0 Å². The maximum Gasteiger partial charge on any atom is 0.0805 e. The van der Waals surface area contributed by atoms with Gasteiger partial charge in [-0.1, -0.05) is 36.8 Å². The summed E-state index contributed by atoms with van der Waals surface area (Å²) < 4.78 is 0. The molecule has 0 aromatic heterocycles. The Hall–Kier alpha value is -0.860. The Morgan fingerprint density at radius 3 is 2.75 bits per heavy atom. The van der Waals surface area contributed by atoms with Crippen molar-refractivity contribution in [2.75, 3.05) is 13.6 Å². The minimum Gasteiger partial charge on any atom is -0.388 e. The third kappa shape index (κ3) is 2.83. The predicted octanol–water partition coefficient (Wildman–Crippen LogP) is 2.59. The normalized spacial score (nSPS) is 24.2. The Labute approximate surface area is 97.9 Å². The highest BCUT2D eigenvalue weighted by atomic mass is 16.3. The lowest BCUT2D eigenvalue weighted by Crippen LogP contribution is -2.37. The van der Waals surface area contributed by atoms with Crippen molar-refractivity contribution < 1.29 is 5.11 Å². The van der Waals surface area contributed by atoms with Crippen molar-refractivity contribution in [2.45, 2.75) is 37.8 Å². The second-order valence-corrected chi connectivity index (χ2v) is 4.79. The average Bonchev–Trinajstić information content (AvgIpc) is 2.33. The molecule has 1 aromatic rings. The minimum atomic E-state index is -0.313. The fraction of sp³-hybridized carbons (Fsp3) is 0.571. The summed E-state index contributed by atoms with van der Waals surface area (Å²) in [4.78, 5) is 2.38. The van der Waals surface area contributed by atoms with Gasteiger partial charge in [0.05, 0.1) is 6.10 Å². The van der Waals surface area contributed by atoms with Crippen molar-refractivity contribution in [1.82, 2.24) is 4.90 Å². The van der Waals surface area contributed by atoms with Gasteiger partial charge in [0.25, 0.3) is 0 Å². The molecule has 0 bridgehead atoms. The van der Waals surface area contributed by atoms with Gasteiger partial charge in [0, 0.05) is 6.04 Å². The quantitative estimate of drug-likeness (QED) is 0.844. The molecule has 0 amide bonds. The Morgan fingerprint density at radius 2 is 2.06 bits per heavy atom. The minimum absolute atomic E-state index is 0.313. The first-order valence-electron chi connectivity index (χ1n) is 6.20. The number of aliphatic hydroxyl groups is 1. The SMILES string of the molecule is CN1CCCC[C@H]1C[C@H](O)c1ccccc1. The molecule has 0 spiro atoms. The highest BCUT2D eigenvalue weighted by Crippen LogP contribution is 2.25. The summed E-state index contributed by atoms with van der Waals surface area (Å²) in [7, 11) is 2.17. The number of piperidine rings is 1. The van der Waals surface area contributed by atoms with Gasteiger partial charge in [-0.2, -0.15) is 0 Å². The molecule has 0 unspecified atom stereocenters. The lowest BCUT2D eigenvalue weighted by Gasteiger charge is -2.33. The van der Waals surface area contributed by atoms with Crippen LogP contribution < -0.4 is 0 Å². The van der Waals surface area contributed by atoms with Gasteiger partial charge in [0.2, 0.25) is 0 Å². The second kappa shape index (κ2) is 5.46. The molecule has 2 rings (SSSR count). The van der Waals surface area contributed by atoms with Crippen molar-refractivity contribution >= 4 is 0 Å². The Balaban J connectivity index is 1.94. The van der Waals surface area contributed by atoms with Crippen LogP contribution in [0.4, 0.5) is 0 Å². The molecule has 16 heavy (non-hydrogen) atoms. The van der Waals surface area contributed by atoms with Crippen LogP contribution in [0.15, 0.2) is 30.3 Å². The molecule has 2 nitrogen and oxygen atoms in total. The highest BCUT2D eigenvalue weighted by Gasteiger charge is 2.22. The monoisotopic (exact) mass is 219 g/mol.